The lowest BCUT2D eigenvalue weighted by Crippen LogP contribution is -2.48. The van der Waals surface area contributed by atoms with E-state index in [1.165, 1.54) is 6.92 Å². The first-order chi connectivity index (χ1) is 22.3. The van der Waals surface area contributed by atoms with Crippen LogP contribution >= 0.6 is 0 Å². The summed E-state index contributed by atoms with van der Waals surface area (Å²) in [7, 11) is 0. The van der Waals surface area contributed by atoms with Gasteiger partial charge in [-0.05, 0) is 55.7 Å². The molecule has 2 aliphatic heterocycles. The van der Waals surface area contributed by atoms with Gasteiger partial charge in [-0.25, -0.2) is 14.6 Å². The summed E-state index contributed by atoms with van der Waals surface area (Å²) in [4.78, 5) is 51.6. The van der Waals surface area contributed by atoms with Crippen molar-refractivity contribution in [3.63, 3.8) is 0 Å². The second-order valence-corrected chi connectivity index (χ2v) is 12.0. The second-order valence-electron chi connectivity index (χ2n) is 12.0. The second kappa shape index (κ2) is 10.2. The molecule has 2 atom stereocenters. The minimum absolute atomic E-state index is 0.0484. The first kappa shape index (κ1) is 27.9. The van der Waals surface area contributed by atoms with Crippen LogP contribution < -0.4 is 5.56 Å². The van der Waals surface area contributed by atoms with Crippen LogP contribution in [0.4, 0.5) is 0 Å². The molecule has 1 unspecified atom stereocenters. The van der Waals surface area contributed by atoms with Crippen molar-refractivity contribution in [2.45, 2.75) is 52.0 Å². The predicted molar refractivity (Wildman–Crippen MR) is 171 cm³/mol. The maximum atomic E-state index is 13.9. The third kappa shape index (κ3) is 4.04. The lowest BCUT2D eigenvalue weighted by atomic mass is 9.85. The molecule has 0 radical (unpaired) electrons. The molecular weight excluding hydrogens is 582 g/mol. The Hall–Kier alpha value is -5.57. The van der Waals surface area contributed by atoms with Crippen LogP contribution in [0.3, 0.4) is 0 Å². The van der Waals surface area contributed by atoms with Crippen molar-refractivity contribution in [2.75, 3.05) is 0 Å². The van der Waals surface area contributed by atoms with Gasteiger partial charge in [-0.1, -0.05) is 72.2 Å². The first-order valence-corrected chi connectivity index (χ1v) is 15.3. The van der Waals surface area contributed by atoms with Gasteiger partial charge in [-0.2, -0.15) is 0 Å². The highest BCUT2D eigenvalue weighted by atomic mass is 16.7. The maximum absolute atomic E-state index is 13.9. The van der Waals surface area contributed by atoms with Gasteiger partial charge in [-0.3, -0.25) is 4.79 Å². The summed E-state index contributed by atoms with van der Waals surface area (Å²) in [6, 6.07) is 25.5. The van der Waals surface area contributed by atoms with Crippen molar-refractivity contribution < 1.29 is 23.9 Å². The molecule has 0 saturated heterocycles. The van der Waals surface area contributed by atoms with Gasteiger partial charge in [0.1, 0.15) is 12.3 Å². The van der Waals surface area contributed by atoms with Crippen LogP contribution in [0, 0.1) is 6.92 Å². The molecule has 0 fully saturated rings. The number of rotatable bonds is 5. The quantitative estimate of drug-likeness (QED) is 0.179. The van der Waals surface area contributed by atoms with E-state index in [9.17, 15) is 14.4 Å². The molecule has 4 heterocycles. The van der Waals surface area contributed by atoms with E-state index in [1.54, 1.807) is 17.6 Å². The summed E-state index contributed by atoms with van der Waals surface area (Å²) in [6.07, 6.45) is -1.12. The summed E-state index contributed by atoms with van der Waals surface area (Å²) in [5.41, 5.74) is 6.95. The lowest BCUT2D eigenvalue weighted by molar-refractivity contribution is -0.195. The van der Waals surface area contributed by atoms with E-state index in [4.69, 9.17) is 19.3 Å². The van der Waals surface area contributed by atoms with Gasteiger partial charge in [-0.15, -0.1) is 0 Å². The van der Waals surface area contributed by atoms with Crippen LogP contribution in [0.2, 0.25) is 0 Å². The smallest absolute Gasteiger partial charge is 0.355 e. The van der Waals surface area contributed by atoms with E-state index < -0.39 is 23.6 Å². The number of aryl methyl sites for hydroxylation is 1. The summed E-state index contributed by atoms with van der Waals surface area (Å²) in [6.45, 7) is 5.39. The average molecular weight is 612 g/mol. The Morgan fingerprint density at radius 3 is 2.39 bits per heavy atom. The molecule has 9 heteroatoms. The highest BCUT2D eigenvalue weighted by Crippen LogP contribution is 2.41. The fourth-order valence-electron chi connectivity index (χ4n) is 6.78. The lowest BCUT2D eigenvalue weighted by Gasteiger charge is -2.36. The van der Waals surface area contributed by atoms with Crippen LogP contribution in [-0.2, 0) is 42.7 Å². The summed E-state index contributed by atoms with van der Waals surface area (Å²) in [5.74, 6) is -1.55. The number of hydrogen-bond acceptors (Lipinski definition) is 8. The van der Waals surface area contributed by atoms with Crippen molar-refractivity contribution in [2.24, 2.45) is 5.16 Å². The number of cyclic esters (lactones) is 1. The number of aromatic nitrogens is 2. The topological polar surface area (TPSA) is 109 Å². The molecule has 3 aromatic carbocycles. The van der Waals surface area contributed by atoms with Crippen molar-refractivity contribution in [3.05, 3.63) is 123 Å². The number of benzene rings is 3. The SMILES string of the molecule is CC[C@@]1(OC(=O)C(C)ON=C2c3ccccc3-c3ccccc32)C(=O)OCc2c1cc1n(c2=O)Cc2cc3cc(C)ccc3nc2-1. The van der Waals surface area contributed by atoms with Crippen molar-refractivity contribution in [1.29, 1.82) is 0 Å². The molecule has 228 valence electrons. The van der Waals surface area contributed by atoms with Crippen LogP contribution in [0.1, 0.15) is 53.6 Å². The monoisotopic (exact) mass is 611 g/mol. The minimum atomic E-state index is -1.84. The third-order valence-electron chi connectivity index (χ3n) is 9.19. The normalized spacial score (nSPS) is 17.7. The number of hydrogen-bond donors (Lipinski definition) is 0. The molecule has 5 aromatic rings. The van der Waals surface area contributed by atoms with E-state index in [1.807, 2.05) is 73.7 Å². The van der Waals surface area contributed by atoms with Crippen LogP contribution in [-0.4, -0.2) is 33.3 Å². The summed E-state index contributed by atoms with van der Waals surface area (Å²) >= 11 is 0. The van der Waals surface area contributed by atoms with Crippen LogP contribution in [0.15, 0.2) is 88.8 Å². The third-order valence-corrected chi connectivity index (χ3v) is 9.19. The van der Waals surface area contributed by atoms with E-state index in [-0.39, 0.29) is 24.2 Å². The number of nitrogens with zero attached hydrogens (tertiary/aromatic N) is 3. The number of ether oxygens (including phenoxy) is 2. The molecule has 8 rings (SSSR count). The van der Waals surface area contributed by atoms with Gasteiger partial charge in [0.15, 0.2) is 0 Å². The largest absolute Gasteiger partial charge is 0.457 e. The van der Waals surface area contributed by atoms with Gasteiger partial charge < -0.3 is 18.9 Å². The van der Waals surface area contributed by atoms with Crippen molar-refractivity contribution in [1.82, 2.24) is 9.55 Å². The highest BCUT2D eigenvalue weighted by Gasteiger charge is 2.51. The molecule has 0 saturated carbocycles. The molecule has 46 heavy (non-hydrogen) atoms. The number of carbonyl (C=O) groups excluding carboxylic acids is 2. The Morgan fingerprint density at radius 2 is 1.70 bits per heavy atom. The summed E-state index contributed by atoms with van der Waals surface area (Å²) < 4.78 is 13.1. The highest BCUT2D eigenvalue weighted by molar-refractivity contribution is 6.24. The fourth-order valence-corrected chi connectivity index (χ4v) is 6.78. The zero-order chi connectivity index (χ0) is 31.7. The number of fused-ring (bicyclic) bond motifs is 8. The minimum Gasteiger partial charge on any atom is -0.457 e. The maximum Gasteiger partial charge on any atom is 0.355 e. The van der Waals surface area contributed by atoms with Gasteiger partial charge in [0, 0.05) is 27.6 Å². The number of oxime groups is 1. The van der Waals surface area contributed by atoms with Gasteiger partial charge in [0.2, 0.25) is 11.7 Å². The standard InChI is InChI=1S/C37H29N3O6/c1-4-37(45-35(42)21(3)46-39-33-26-11-7-5-9-24(26)25-10-6-8-12-27(25)33)29-17-31-32-23(16-22-15-20(2)13-14-30(22)38-32)18-40(31)34(41)28(29)19-44-36(37)43/h5-17,21H,4,18-19H2,1-3H3/t21?,37-/m0/s1. The average Bonchev–Trinajstić information content (AvgIpc) is 3.59. The summed E-state index contributed by atoms with van der Waals surface area (Å²) in [5, 5.41) is 5.37. The van der Waals surface area contributed by atoms with E-state index in [0.29, 0.717) is 29.2 Å². The number of carbonyl (C=O) groups is 2. The molecule has 2 aromatic heterocycles. The van der Waals surface area contributed by atoms with Crippen molar-refractivity contribution in [3.8, 4) is 22.5 Å². The van der Waals surface area contributed by atoms with E-state index >= 15 is 0 Å². The predicted octanol–water partition coefficient (Wildman–Crippen LogP) is 5.78. The van der Waals surface area contributed by atoms with E-state index in [2.05, 4.69) is 11.2 Å². The zero-order valence-corrected chi connectivity index (χ0v) is 25.5. The molecule has 9 nitrogen and oxygen atoms in total. The van der Waals surface area contributed by atoms with Crippen LogP contribution in [0.25, 0.3) is 33.4 Å². The zero-order valence-electron chi connectivity index (χ0n) is 25.5. The van der Waals surface area contributed by atoms with Crippen molar-refractivity contribution >= 4 is 28.6 Å². The van der Waals surface area contributed by atoms with Gasteiger partial charge in [0.25, 0.3) is 5.56 Å². The molecule has 0 amide bonds. The molecule has 0 spiro atoms. The fraction of sp³-hybridized carbons (Fsp3) is 0.216. The molecule has 1 aliphatic carbocycles. The van der Waals surface area contributed by atoms with Gasteiger partial charge in [0.05, 0.1) is 29.0 Å². The Balaban J connectivity index is 1.14. The number of pyridine rings is 2. The van der Waals surface area contributed by atoms with Gasteiger partial charge >= 0.3 is 11.9 Å². The Morgan fingerprint density at radius 1 is 1.00 bits per heavy atom. The molecular formula is C37H29N3O6. The number of esters is 2. The molecule has 0 bridgehead atoms. The van der Waals surface area contributed by atoms with E-state index in [0.717, 1.165) is 44.3 Å². The first-order valence-electron chi connectivity index (χ1n) is 15.3. The molecule has 0 N–H and O–H groups in total. The molecule has 3 aliphatic rings. The Kier molecular flexibility index (Phi) is 6.22. The Bertz CT molecular complexity index is 2190. The van der Waals surface area contributed by atoms with Crippen LogP contribution in [0.5, 0.6) is 0 Å². The Labute approximate surface area is 264 Å².